The van der Waals surface area contributed by atoms with E-state index < -0.39 is 0 Å². The smallest absolute Gasteiger partial charge is 0.170 e. The molecule has 2 rings (SSSR count). The van der Waals surface area contributed by atoms with Gasteiger partial charge in [0.05, 0.1) is 11.1 Å². The molecule has 0 atom stereocenters. The van der Waals surface area contributed by atoms with Crippen molar-refractivity contribution in [2.45, 2.75) is 6.42 Å². The van der Waals surface area contributed by atoms with Gasteiger partial charge in [-0.15, -0.1) is 0 Å². The van der Waals surface area contributed by atoms with Crippen LogP contribution < -0.4 is 5.06 Å². The van der Waals surface area contributed by atoms with E-state index in [0.29, 0.717) is 0 Å². The van der Waals surface area contributed by atoms with E-state index in [1.807, 2.05) is 0 Å². The molecule has 1 aliphatic rings. The quantitative estimate of drug-likeness (QED) is 0.730. The molecule has 0 aliphatic carbocycles. The van der Waals surface area contributed by atoms with Gasteiger partial charge in [0.25, 0.3) is 0 Å². The monoisotopic (exact) mass is 229 g/mol. The average molecular weight is 230 g/mol. The zero-order valence-corrected chi connectivity index (χ0v) is 7.99. The van der Waals surface area contributed by atoms with Crippen LogP contribution in [0, 0.1) is 0 Å². The Balaban J connectivity index is 2.26. The lowest BCUT2D eigenvalue weighted by Crippen LogP contribution is -2.17. The molecule has 0 bridgehead atoms. The van der Waals surface area contributed by atoms with Crippen LogP contribution in [-0.2, 0) is 4.84 Å². The van der Waals surface area contributed by atoms with Gasteiger partial charge in [0.2, 0.25) is 0 Å². The Hall–Kier alpha value is -0.680. The van der Waals surface area contributed by atoms with Crippen LogP contribution >= 0.6 is 15.9 Å². The maximum absolute atomic E-state index is 5.33. The zero-order valence-electron chi connectivity index (χ0n) is 6.40. The normalized spacial score (nSPS) is 16.9. The summed E-state index contributed by atoms with van der Waals surface area (Å²) in [5, 5.41) is 1.78. The van der Waals surface area contributed by atoms with Crippen LogP contribution in [0.5, 0.6) is 0 Å². The Morgan fingerprint density at radius 2 is 2.50 bits per heavy atom. The summed E-state index contributed by atoms with van der Waals surface area (Å²) < 4.78 is 0.868. The van der Waals surface area contributed by atoms with E-state index in [4.69, 9.17) is 4.84 Å². The summed E-state index contributed by atoms with van der Waals surface area (Å²) in [5.74, 6) is 0.808. The summed E-state index contributed by atoms with van der Waals surface area (Å²) in [4.78, 5) is 13.3. The number of hydrogen-bond donors (Lipinski definition) is 0. The first-order valence-corrected chi connectivity index (χ1v) is 4.53. The second kappa shape index (κ2) is 3.37. The molecule has 64 valence electrons. The summed E-state index contributed by atoms with van der Waals surface area (Å²) in [5.41, 5.74) is 0. The Morgan fingerprint density at radius 3 is 3.17 bits per heavy atom. The van der Waals surface area contributed by atoms with E-state index in [-0.39, 0.29) is 0 Å². The maximum Gasteiger partial charge on any atom is 0.170 e. The van der Waals surface area contributed by atoms with Gasteiger partial charge in [-0.05, 0) is 22.4 Å². The summed E-state index contributed by atoms with van der Waals surface area (Å²) in [6.07, 6.45) is 4.28. The van der Waals surface area contributed by atoms with Crippen molar-refractivity contribution in [3.8, 4) is 0 Å². The predicted octanol–water partition coefficient (Wildman–Crippen LogP) is 1.38. The minimum absolute atomic E-state index is 0.774. The number of hydroxylamine groups is 1. The number of anilines is 1. The third-order valence-electron chi connectivity index (χ3n) is 1.64. The molecule has 4 nitrogen and oxygen atoms in total. The lowest BCUT2D eigenvalue weighted by Gasteiger charge is -2.14. The molecule has 0 aromatic carbocycles. The maximum atomic E-state index is 5.33. The highest BCUT2D eigenvalue weighted by molar-refractivity contribution is 9.10. The molecule has 0 unspecified atom stereocenters. The molecule has 0 amide bonds. The minimum atomic E-state index is 0.774. The van der Waals surface area contributed by atoms with Crippen LogP contribution in [0.4, 0.5) is 5.82 Å². The van der Waals surface area contributed by atoms with Gasteiger partial charge in [-0.25, -0.2) is 15.0 Å². The molecule has 1 saturated heterocycles. The van der Waals surface area contributed by atoms with Crippen molar-refractivity contribution in [2.24, 2.45) is 0 Å². The number of nitrogens with zero attached hydrogens (tertiary/aromatic N) is 3. The molecule has 12 heavy (non-hydrogen) atoms. The standard InChI is InChI=1S/C7H8BrN3O/c8-6-4-9-5-10-7(6)11-2-1-3-12-11/h4-5H,1-3H2. The first-order valence-electron chi connectivity index (χ1n) is 3.74. The molecule has 5 heteroatoms. The Morgan fingerprint density at radius 1 is 1.58 bits per heavy atom. The molecule has 0 N–H and O–H groups in total. The average Bonchev–Trinajstić information content (AvgIpc) is 2.57. The van der Waals surface area contributed by atoms with Crippen LogP contribution in [0.1, 0.15) is 6.42 Å². The number of aromatic nitrogens is 2. The Labute approximate surface area is 78.7 Å². The van der Waals surface area contributed by atoms with Crippen LogP contribution in [0.15, 0.2) is 17.0 Å². The lowest BCUT2D eigenvalue weighted by molar-refractivity contribution is 0.166. The fourth-order valence-electron chi connectivity index (χ4n) is 1.10. The van der Waals surface area contributed by atoms with Crippen molar-refractivity contribution in [3.63, 3.8) is 0 Å². The largest absolute Gasteiger partial charge is 0.272 e. The number of halogens is 1. The summed E-state index contributed by atoms with van der Waals surface area (Å²) in [6.45, 7) is 1.67. The first kappa shape index (κ1) is 7.94. The third-order valence-corrected chi connectivity index (χ3v) is 2.20. The van der Waals surface area contributed by atoms with E-state index in [0.717, 1.165) is 29.9 Å². The molecule has 0 radical (unpaired) electrons. The topological polar surface area (TPSA) is 38.2 Å². The highest BCUT2D eigenvalue weighted by Gasteiger charge is 2.16. The second-order valence-corrected chi connectivity index (χ2v) is 3.34. The van der Waals surface area contributed by atoms with E-state index >= 15 is 0 Å². The van der Waals surface area contributed by atoms with Crippen molar-refractivity contribution in [1.82, 2.24) is 9.97 Å². The van der Waals surface area contributed by atoms with Crippen LogP contribution in [0.3, 0.4) is 0 Å². The van der Waals surface area contributed by atoms with Gasteiger partial charge >= 0.3 is 0 Å². The number of hydrogen-bond acceptors (Lipinski definition) is 4. The lowest BCUT2D eigenvalue weighted by atomic mass is 10.4. The van der Waals surface area contributed by atoms with Crippen molar-refractivity contribution >= 4 is 21.7 Å². The molecule has 1 aromatic rings. The minimum Gasteiger partial charge on any atom is -0.272 e. The van der Waals surface area contributed by atoms with E-state index in [9.17, 15) is 0 Å². The molecule has 1 aliphatic heterocycles. The van der Waals surface area contributed by atoms with Gasteiger partial charge in [-0.2, -0.15) is 0 Å². The predicted molar refractivity (Wildman–Crippen MR) is 47.6 cm³/mol. The summed E-state index contributed by atoms with van der Waals surface area (Å²) >= 11 is 3.36. The number of rotatable bonds is 1. The molecule has 0 spiro atoms. The molecular formula is C7H8BrN3O. The van der Waals surface area contributed by atoms with Crippen molar-refractivity contribution in [1.29, 1.82) is 0 Å². The van der Waals surface area contributed by atoms with Crippen LogP contribution in [0.25, 0.3) is 0 Å². The van der Waals surface area contributed by atoms with Gasteiger partial charge in [-0.3, -0.25) is 4.84 Å². The van der Waals surface area contributed by atoms with Crippen LogP contribution in [-0.4, -0.2) is 23.1 Å². The fourth-order valence-corrected chi connectivity index (χ4v) is 1.52. The summed E-state index contributed by atoms with van der Waals surface area (Å²) in [7, 11) is 0. The molecule has 1 aromatic heterocycles. The first-order chi connectivity index (χ1) is 5.88. The fraction of sp³-hybridized carbons (Fsp3) is 0.429. The van der Waals surface area contributed by atoms with E-state index in [2.05, 4.69) is 25.9 Å². The van der Waals surface area contributed by atoms with Gasteiger partial charge in [0.1, 0.15) is 6.33 Å². The third kappa shape index (κ3) is 1.42. The van der Waals surface area contributed by atoms with Gasteiger partial charge < -0.3 is 0 Å². The zero-order chi connectivity index (χ0) is 8.39. The van der Waals surface area contributed by atoms with Gasteiger partial charge in [0, 0.05) is 12.7 Å². The van der Waals surface area contributed by atoms with Crippen LogP contribution in [0.2, 0.25) is 0 Å². The molecular weight excluding hydrogens is 222 g/mol. The van der Waals surface area contributed by atoms with Gasteiger partial charge in [0.15, 0.2) is 5.82 Å². The van der Waals surface area contributed by atoms with Gasteiger partial charge in [-0.1, -0.05) is 0 Å². The van der Waals surface area contributed by atoms with E-state index in [1.54, 1.807) is 11.3 Å². The highest BCUT2D eigenvalue weighted by atomic mass is 79.9. The van der Waals surface area contributed by atoms with Crippen molar-refractivity contribution < 1.29 is 4.84 Å². The highest BCUT2D eigenvalue weighted by Crippen LogP contribution is 2.24. The van der Waals surface area contributed by atoms with Crippen molar-refractivity contribution in [3.05, 3.63) is 17.0 Å². The molecule has 1 fully saturated rings. The van der Waals surface area contributed by atoms with E-state index in [1.165, 1.54) is 6.33 Å². The molecule has 0 saturated carbocycles. The second-order valence-electron chi connectivity index (χ2n) is 2.48. The Bertz CT molecular complexity index is 275. The SMILES string of the molecule is Brc1cncnc1N1CCCO1. The Kier molecular flexibility index (Phi) is 2.23. The summed E-state index contributed by atoms with van der Waals surface area (Å²) in [6, 6.07) is 0. The molecule has 2 heterocycles. The van der Waals surface area contributed by atoms with Crippen molar-refractivity contribution in [2.75, 3.05) is 18.2 Å².